The molecule has 0 unspecified atom stereocenters. The van der Waals surface area contributed by atoms with E-state index in [4.69, 9.17) is 18.6 Å². The van der Waals surface area contributed by atoms with Gasteiger partial charge in [-0.25, -0.2) is 9.59 Å². The van der Waals surface area contributed by atoms with Crippen LogP contribution in [0, 0.1) is 6.92 Å². The largest absolute Gasteiger partial charge is 0.497 e. The first-order valence-electron chi connectivity index (χ1n) is 10.8. The van der Waals surface area contributed by atoms with Crippen molar-refractivity contribution in [1.82, 2.24) is 0 Å². The highest BCUT2D eigenvalue weighted by atomic mass is 16.5. The summed E-state index contributed by atoms with van der Waals surface area (Å²) in [6.07, 6.45) is 0. The van der Waals surface area contributed by atoms with E-state index in [1.54, 1.807) is 19.2 Å². The first kappa shape index (κ1) is 21.6. The number of fused-ring (bicyclic) bond motifs is 2. The first-order chi connectivity index (χ1) is 16.5. The Balaban J connectivity index is 1.56. The van der Waals surface area contributed by atoms with E-state index in [1.165, 1.54) is 13.2 Å². The van der Waals surface area contributed by atoms with E-state index in [9.17, 15) is 9.59 Å². The van der Waals surface area contributed by atoms with Crippen LogP contribution in [-0.4, -0.2) is 26.9 Å². The van der Waals surface area contributed by atoms with Gasteiger partial charge in [-0.3, -0.25) is 0 Å². The smallest absolute Gasteiger partial charge is 0.337 e. The monoisotopic (exact) mass is 457 g/mol. The van der Waals surface area contributed by atoms with Crippen LogP contribution >= 0.6 is 0 Å². The van der Waals surface area contributed by atoms with Gasteiger partial charge < -0.3 is 23.5 Å². The molecule has 0 saturated heterocycles. The van der Waals surface area contributed by atoms with Crippen molar-refractivity contribution in [1.29, 1.82) is 0 Å². The minimum Gasteiger partial charge on any atom is -0.497 e. The van der Waals surface area contributed by atoms with Gasteiger partial charge in [-0.1, -0.05) is 12.1 Å². The van der Waals surface area contributed by atoms with Gasteiger partial charge in [0.2, 0.25) is 0 Å². The van der Waals surface area contributed by atoms with Crippen LogP contribution in [-0.2, 0) is 11.3 Å². The number of nitrogens with zero attached hydrogens (tertiary/aromatic N) is 1. The molecule has 0 atom stereocenters. The van der Waals surface area contributed by atoms with E-state index in [-0.39, 0.29) is 5.97 Å². The maximum Gasteiger partial charge on any atom is 0.337 e. The fourth-order valence-corrected chi connectivity index (χ4v) is 4.32. The summed E-state index contributed by atoms with van der Waals surface area (Å²) in [6.45, 7) is 2.84. The van der Waals surface area contributed by atoms with Gasteiger partial charge in [-0.05, 0) is 60.5 Å². The summed E-state index contributed by atoms with van der Waals surface area (Å²) in [6, 6.07) is 18.3. The molecule has 0 bridgehead atoms. The number of esters is 1. The quantitative estimate of drug-likeness (QED) is 0.318. The molecule has 0 saturated carbocycles. The second-order valence-corrected chi connectivity index (χ2v) is 8.08. The highest BCUT2D eigenvalue weighted by Gasteiger charge is 2.24. The number of methoxy groups -OCH3 is 2. The lowest BCUT2D eigenvalue weighted by molar-refractivity contribution is 0.0600. The number of carbonyl (C=O) groups excluding carboxylic acids is 1. The van der Waals surface area contributed by atoms with Gasteiger partial charge in [0.1, 0.15) is 17.1 Å². The van der Waals surface area contributed by atoms with Crippen molar-refractivity contribution in [3.63, 3.8) is 0 Å². The molecule has 34 heavy (non-hydrogen) atoms. The van der Waals surface area contributed by atoms with Crippen LogP contribution in [0.1, 0.15) is 21.5 Å². The number of carbonyl (C=O) groups is 1. The average Bonchev–Trinajstić information content (AvgIpc) is 2.88. The van der Waals surface area contributed by atoms with Gasteiger partial charge in [0, 0.05) is 34.8 Å². The molecule has 7 nitrogen and oxygen atoms in total. The predicted molar refractivity (Wildman–Crippen MR) is 129 cm³/mol. The molecule has 0 aliphatic carbocycles. The lowest BCUT2D eigenvalue weighted by Crippen LogP contribution is -2.32. The van der Waals surface area contributed by atoms with Crippen LogP contribution < -0.4 is 20.0 Å². The van der Waals surface area contributed by atoms with Gasteiger partial charge >= 0.3 is 11.6 Å². The number of rotatable bonds is 4. The van der Waals surface area contributed by atoms with Gasteiger partial charge in [-0.2, -0.15) is 0 Å². The Morgan fingerprint density at radius 1 is 1.00 bits per heavy atom. The maximum absolute atomic E-state index is 12.4. The molecular formula is C27H23NO6. The molecule has 0 N–H and O–H groups in total. The zero-order chi connectivity index (χ0) is 23.8. The van der Waals surface area contributed by atoms with Gasteiger partial charge in [0.05, 0.1) is 19.8 Å². The van der Waals surface area contributed by atoms with Crippen molar-refractivity contribution in [2.45, 2.75) is 13.5 Å². The minimum atomic E-state index is -0.413. The van der Waals surface area contributed by atoms with E-state index in [0.717, 1.165) is 44.8 Å². The molecule has 5 rings (SSSR count). The Hall–Kier alpha value is -4.26. The molecule has 3 aromatic carbocycles. The molecule has 1 aliphatic rings. The molecule has 172 valence electrons. The normalized spacial score (nSPS) is 12.7. The van der Waals surface area contributed by atoms with Crippen LogP contribution in [0.5, 0.6) is 11.5 Å². The summed E-state index contributed by atoms with van der Waals surface area (Å²) < 4.78 is 21.7. The molecule has 7 heteroatoms. The van der Waals surface area contributed by atoms with Crippen molar-refractivity contribution in [2.75, 3.05) is 25.9 Å². The zero-order valence-corrected chi connectivity index (χ0v) is 19.1. The number of hydrogen-bond donors (Lipinski definition) is 0. The second-order valence-electron chi connectivity index (χ2n) is 8.08. The predicted octanol–water partition coefficient (Wildman–Crippen LogP) is 4.92. The Morgan fingerprint density at radius 2 is 1.74 bits per heavy atom. The third-order valence-electron chi connectivity index (χ3n) is 6.07. The Kier molecular flexibility index (Phi) is 5.45. The lowest BCUT2D eigenvalue weighted by atomic mass is 9.96. The van der Waals surface area contributed by atoms with Gasteiger partial charge in [-0.15, -0.1) is 0 Å². The van der Waals surface area contributed by atoms with Crippen molar-refractivity contribution >= 4 is 22.6 Å². The van der Waals surface area contributed by atoms with E-state index >= 15 is 0 Å². The summed E-state index contributed by atoms with van der Waals surface area (Å²) in [7, 11) is 2.98. The van der Waals surface area contributed by atoms with Crippen LogP contribution in [0.2, 0.25) is 0 Å². The van der Waals surface area contributed by atoms with Crippen LogP contribution in [0.3, 0.4) is 0 Å². The third-order valence-corrected chi connectivity index (χ3v) is 6.07. The topological polar surface area (TPSA) is 78.2 Å². The van der Waals surface area contributed by atoms with Gasteiger partial charge in [0.15, 0.2) is 6.73 Å². The summed E-state index contributed by atoms with van der Waals surface area (Å²) in [4.78, 5) is 26.2. The summed E-state index contributed by atoms with van der Waals surface area (Å²) in [5.41, 5.74) is 4.98. The van der Waals surface area contributed by atoms with Crippen molar-refractivity contribution in [3.8, 4) is 22.6 Å². The van der Waals surface area contributed by atoms with E-state index in [1.807, 2.05) is 49.4 Å². The fraction of sp³-hybridized carbons (Fsp3) is 0.185. The molecule has 0 amide bonds. The zero-order valence-electron chi connectivity index (χ0n) is 19.1. The highest BCUT2D eigenvalue weighted by Crippen LogP contribution is 2.39. The molecule has 0 radical (unpaired) electrons. The van der Waals surface area contributed by atoms with E-state index < -0.39 is 5.63 Å². The number of anilines is 1. The Bertz CT molecular complexity index is 1440. The van der Waals surface area contributed by atoms with Gasteiger partial charge in [0.25, 0.3) is 0 Å². The molecule has 0 spiro atoms. The van der Waals surface area contributed by atoms with Crippen LogP contribution in [0.25, 0.3) is 22.1 Å². The highest BCUT2D eigenvalue weighted by molar-refractivity contribution is 5.96. The SMILES string of the molecule is COC(=O)c1ccc(N2COc3c(cc4c(-c5ccc(OC)cc5)cc(=O)oc4c3C)C2)cc1. The van der Waals surface area contributed by atoms with Crippen molar-refractivity contribution in [2.24, 2.45) is 0 Å². The lowest BCUT2D eigenvalue weighted by Gasteiger charge is -2.32. The molecular weight excluding hydrogens is 434 g/mol. The number of benzene rings is 3. The fourth-order valence-electron chi connectivity index (χ4n) is 4.32. The first-order valence-corrected chi connectivity index (χ1v) is 10.8. The van der Waals surface area contributed by atoms with Crippen LogP contribution in [0.4, 0.5) is 5.69 Å². The summed E-state index contributed by atoms with van der Waals surface area (Å²) in [5, 5.41) is 0.840. The van der Waals surface area contributed by atoms with Crippen molar-refractivity contribution in [3.05, 3.63) is 87.8 Å². The third kappa shape index (κ3) is 3.75. The second kappa shape index (κ2) is 8.59. The minimum absolute atomic E-state index is 0.333. The summed E-state index contributed by atoms with van der Waals surface area (Å²) in [5.74, 6) is 1.10. The number of aryl methyl sites for hydroxylation is 1. The van der Waals surface area contributed by atoms with Crippen LogP contribution in [0.15, 0.2) is 69.9 Å². The maximum atomic E-state index is 12.4. The number of ether oxygens (including phenoxy) is 3. The molecule has 4 aromatic rings. The Morgan fingerprint density at radius 3 is 2.41 bits per heavy atom. The van der Waals surface area contributed by atoms with Crippen molar-refractivity contribution < 1.29 is 23.4 Å². The summed E-state index contributed by atoms with van der Waals surface area (Å²) >= 11 is 0. The Labute approximate surface area is 196 Å². The molecule has 2 heterocycles. The van der Waals surface area contributed by atoms with E-state index in [0.29, 0.717) is 24.4 Å². The molecule has 1 aliphatic heterocycles. The molecule has 0 fully saturated rings. The standard InChI is InChI=1S/C27H23NO6/c1-16-25-19(14-28(15-33-25)20-8-4-18(5-9-20)27(30)32-3)12-23-22(13-24(29)34-26(16)23)17-6-10-21(31-2)11-7-17/h4-13H,14-15H2,1-3H3. The number of hydrogen-bond acceptors (Lipinski definition) is 7. The average molecular weight is 457 g/mol. The van der Waals surface area contributed by atoms with E-state index in [2.05, 4.69) is 4.90 Å². The molecule has 1 aromatic heterocycles.